The minimum Gasteiger partial charge on any atom is -0.507 e. The molecule has 0 aliphatic heterocycles. The Bertz CT molecular complexity index is 744. The maximum absolute atomic E-state index is 9.83. The van der Waals surface area contributed by atoms with Gasteiger partial charge in [-0.2, -0.15) is 4.98 Å². The van der Waals surface area contributed by atoms with Crippen LogP contribution in [-0.2, 0) is 6.61 Å². The van der Waals surface area contributed by atoms with Crippen LogP contribution in [0.2, 0.25) is 0 Å². The van der Waals surface area contributed by atoms with Gasteiger partial charge in [0.15, 0.2) is 6.61 Å². The Kier molecular flexibility index (Phi) is 3.87. The first-order chi connectivity index (χ1) is 10.2. The van der Waals surface area contributed by atoms with E-state index in [1.54, 1.807) is 18.2 Å². The normalized spacial score (nSPS) is 10.5. The highest BCUT2D eigenvalue weighted by atomic mass is 79.9. The summed E-state index contributed by atoms with van der Waals surface area (Å²) in [5.41, 5.74) is 0.475. The summed E-state index contributed by atoms with van der Waals surface area (Å²) in [7, 11) is 0. The Morgan fingerprint density at radius 1 is 1.14 bits per heavy atom. The van der Waals surface area contributed by atoms with Gasteiger partial charge in [0.2, 0.25) is 5.82 Å². The van der Waals surface area contributed by atoms with Crippen LogP contribution in [0.4, 0.5) is 0 Å². The van der Waals surface area contributed by atoms with Gasteiger partial charge in [0.25, 0.3) is 5.89 Å². The van der Waals surface area contributed by atoms with E-state index in [1.807, 2.05) is 30.3 Å². The number of aromatic nitrogens is 2. The van der Waals surface area contributed by atoms with E-state index in [0.717, 1.165) is 10.2 Å². The third-order valence-electron chi connectivity index (χ3n) is 2.77. The Hall–Kier alpha value is -2.34. The van der Waals surface area contributed by atoms with Crippen molar-refractivity contribution in [3.63, 3.8) is 0 Å². The molecule has 0 saturated carbocycles. The Balaban J connectivity index is 1.76. The molecule has 0 unspecified atom stereocenters. The van der Waals surface area contributed by atoms with Gasteiger partial charge in [-0.3, -0.25) is 0 Å². The summed E-state index contributed by atoms with van der Waals surface area (Å²) in [6, 6.07) is 14.4. The molecular weight excluding hydrogens is 336 g/mol. The Morgan fingerprint density at radius 3 is 2.76 bits per heavy atom. The second kappa shape index (κ2) is 5.97. The number of phenolic OH excluding ortho intramolecular Hbond substituents is 1. The molecule has 2 aromatic carbocycles. The maximum Gasteiger partial charge on any atom is 0.261 e. The molecule has 5 nitrogen and oxygen atoms in total. The van der Waals surface area contributed by atoms with Gasteiger partial charge in [0.1, 0.15) is 11.5 Å². The summed E-state index contributed by atoms with van der Waals surface area (Å²) >= 11 is 3.34. The molecule has 0 bridgehead atoms. The van der Waals surface area contributed by atoms with Gasteiger partial charge in [0.05, 0.1) is 5.56 Å². The molecule has 1 N–H and O–H groups in total. The van der Waals surface area contributed by atoms with Gasteiger partial charge in [0, 0.05) is 4.47 Å². The standard InChI is InChI=1S/C15H11BrN2O3/c16-10-6-7-13(19)12(8-10)15-17-14(18-21-15)9-20-11-4-2-1-3-5-11/h1-8,19H,9H2. The number of nitrogens with zero attached hydrogens (tertiary/aromatic N) is 2. The van der Waals surface area contributed by atoms with Crippen LogP contribution in [0.5, 0.6) is 11.5 Å². The highest BCUT2D eigenvalue weighted by molar-refractivity contribution is 9.10. The van der Waals surface area contributed by atoms with E-state index in [2.05, 4.69) is 26.1 Å². The summed E-state index contributed by atoms with van der Waals surface area (Å²) < 4.78 is 11.5. The van der Waals surface area contributed by atoms with Crippen LogP contribution >= 0.6 is 15.9 Å². The van der Waals surface area contributed by atoms with Gasteiger partial charge in [-0.15, -0.1) is 0 Å². The fraction of sp³-hybridized carbons (Fsp3) is 0.0667. The van der Waals surface area contributed by atoms with Gasteiger partial charge in [-0.05, 0) is 30.3 Å². The lowest BCUT2D eigenvalue weighted by Gasteiger charge is -2.01. The molecule has 0 saturated heterocycles. The fourth-order valence-corrected chi connectivity index (χ4v) is 2.13. The van der Waals surface area contributed by atoms with Crippen molar-refractivity contribution in [1.29, 1.82) is 0 Å². The summed E-state index contributed by atoms with van der Waals surface area (Å²) in [4.78, 5) is 4.21. The summed E-state index contributed by atoms with van der Waals surface area (Å²) in [6.45, 7) is 0.197. The smallest absolute Gasteiger partial charge is 0.261 e. The first-order valence-electron chi connectivity index (χ1n) is 6.22. The summed E-state index contributed by atoms with van der Waals surface area (Å²) in [5, 5.41) is 13.7. The molecule has 1 heterocycles. The lowest BCUT2D eigenvalue weighted by molar-refractivity contribution is 0.287. The van der Waals surface area contributed by atoms with Crippen molar-refractivity contribution in [3.05, 3.63) is 58.8 Å². The molecule has 21 heavy (non-hydrogen) atoms. The van der Waals surface area contributed by atoms with Crippen molar-refractivity contribution in [1.82, 2.24) is 10.1 Å². The van der Waals surface area contributed by atoms with E-state index in [-0.39, 0.29) is 18.2 Å². The zero-order chi connectivity index (χ0) is 14.7. The third-order valence-corrected chi connectivity index (χ3v) is 3.26. The van der Waals surface area contributed by atoms with Crippen molar-refractivity contribution in [2.45, 2.75) is 6.61 Å². The molecule has 0 aliphatic carbocycles. The van der Waals surface area contributed by atoms with Crippen LogP contribution in [0.25, 0.3) is 11.5 Å². The van der Waals surface area contributed by atoms with Crippen LogP contribution in [0.3, 0.4) is 0 Å². The maximum atomic E-state index is 9.83. The van der Waals surface area contributed by atoms with E-state index in [9.17, 15) is 5.11 Å². The Morgan fingerprint density at radius 2 is 1.95 bits per heavy atom. The number of rotatable bonds is 4. The largest absolute Gasteiger partial charge is 0.507 e. The highest BCUT2D eigenvalue weighted by Crippen LogP contribution is 2.30. The Labute approximate surface area is 129 Å². The molecule has 106 valence electrons. The van der Waals surface area contributed by atoms with Gasteiger partial charge >= 0.3 is 0 Å². The number of ether oxygens (including phenoxy) is 1. The SMILES string of the molecule is Oc1ccc(Br)cc1-c1nc(COc2ccccc2)no1. The zero-order valence-corrected chi connectivity index (χ0v) is 12.4. The van der Waals surface area contributed by atoms with Gasteiger partial charge < -0.3 is 14.4 Å². The number of aromatic hydroxyl groups is 1. The lowest BCUT2D eigenvalue weighted by Crippen LogP contribution is -1.97. The van der Waals surface area contributed by atoms with Crippen molar-refractivity contribution in [2.75, 3.05) is 0 Å². The third kappa shape index (κ3) is 3.22. The monoisotopic (exact) mass is 346 g/mol. The molecule has 1 aromatic heterocycles. The fourth-order valence-electron chi connectivity index (χ4n) is 1.77. The molecule has 0 atom stereocenters. The molecule has 0 fully saturated rings. The van der Waals surface area contributed by atoms with Crippen LogP contribution in [-0.4, -0.2) is 15.2 Å². The lowest BCUT2D eigenvalue weighted by atomic mass is 10.2. The average Bonchev–Trinajstić information content (AvgIpc) is 2.97. The number of phenols is 1. The van der Waals surface area contributed by atoms with Crippen molar-refractivity contribution < 1.29 is 14.4 Å². The van der Waals surface area contributed by atoms with E-state index >= 15 is 0 Å². The predicted molar refractivity (Wildman–Crippen MR) is 79.9 cm³/mol. The van der Waals surface area contributed by atoms with E-state index < -0.39 is 0 Å². The molecule has 0 spiro atoms. The number of hydrogen-bond acceptors (Lipinski definition) is 5. The number of halogens is 1. The van der Waals surface area contributed by atoms with Crippen LogP contribution < -0.4 is 4.74 Å². The quantitative estimate of drug-likeness (QED) is 0.778. The average molecular weight is 347 g/mol. The van der Waals surface area contributed by atoms with E-state index in [0.29, 0.717) is 11.4 Å². The molecule has 3 rings (SSSR count). The van der Waals surface area contributed by atoms with E-state index in [4.69, 9.17) is 9.26 Å². The predicted octanol–water partition coefficient (Wildman–Crippen LogP) is 3.78. The van der Waals surface area contributed by atoms with Crippen molar-refractivity contribution in [3.8, 4) is 23.0 Å². The number of para-hydroxylation sites is 1. The van der Waals surface area contributed by atoms with Crippen molar-refractivity contribution in [2.24, 2.45) is 0 Å². The number of benzene rings is 2. The van der Waals surface area contributed by atoms with E-state index in [1.165, 1.54) is 0 Å². The van der Waals surface area contributed by atoms with Gasteiger partial charge in [-0.25, -0.2) is 0 Å². The van der Waals surface area contributed by atoms with Crippen LogP contribution in [0, 0.1) is 0 Å². The number of hydrogen-bond donors (Lipinski definition) is 1. The summed E-state index contributed by atoms with van der Waals surface area (Å²) in [5.74, 6) is 1.47. The minimum atomic E-state index is 0.0809. The second-order valence-electron chi connectivity index (χ2n) is 4.28. The minimum absolute atomic E-state index is 0.0809. The van der Waals surface area contributed by atoms with Crippen LogP contribution in [0.15, 0.2) is 57.5 Å². The highest BCUT2D eigenvalue weighted by Gasteiger charge is 2.13. The second-order valence-corrected chi connectivity index (χ2v) is 5.19. The van der Waals surface area contributed by atoms with Crippen LogP contribution in [0.1, 0.15) is 5.82 Å². The molecule has 3 aromatic rings. The molecular formula is C15H11BrN2O3. The molecule has 6 heteroatoms. The zero-order valence-electron chi connectivity index (χ0n) is 10.9. The molecule has 0 amide bonds. The molecule has 0 aliphatic rings. The molecule has 0 radical (unpaired) electrons. The topological polar surface area (TPSA) is 68.4 Å². The first kappa shape index (κ1) is 13.6. The summed E-state index contributed by atoms with van der Waals surface area (Å²) in [6.07, 6.45) is 0. The first-order valence-corrected chi connectivity index (χ1v) is 7.01. The van der Waals surface area contributed by atoms with Gasteiger partial charge in [-0.1, -0.05) is 39.3 Å². The van der Waals surface area contributed by atoms with Crippen molar-refractivity contribution >= 4 is 15.9 Å².